The van der Waals surface area contributed by atoms with Crippen LogP contribution in [0.3, 0.4) is 0 Å². The number of allylic oxidation sites excluding steroid dienone is 2. The molecule has 1 fully saturated rings. The lowest BCUT2D eigenvalue weighted by molar-refractivity contribution is 0.229. The van der Waals surface area contributed by atoms with Gasteiger partial charge in [-0.15, -0.1) is 0 Å². The highest BCUT2D eigenvalue weighted by Crippen LogP contribution is 2.44. The van der Waals surface area contributed by atoms with Gasteiger partial charge in [-0.05, 0) is 49.6 Å². The standard InChI is InChI=1S/C17H23N/c1-18(12-14-6-3-2-4-7-14)13-16-11-10-15-8-5-9-17(15)16/h2-8,15-17H,9-13H2,1H3. The van der Waals surface area contributed by atoms with Gasteiger partial charge in [0.15, 0.2) is 0 Å². The fourth-order valence-corrected chi connectivity index (χ4v) is 3.79. The van der Waals surface area contributed by atoms with Crippen LogP contribution in [0.4, 0.5) is 0 Å². The summed E-state index contributed by atoms with van der Waals surface area (Å²) in [4.78, 5) is 2.50. The molecule has 0 aliphatic heterocycles. The maximum Gasteiger partial charge on any atom is 0.0230 e. The molecule has 3 unspecified atom stereocenters. The van der Waals surface area contributed by atoms with Crippen molar-refractivity contribution in [1.82, 2.24) is 4.90 Å². The third-order valence-electron chi connectivity index (χ3n) is 4.66. The molecule has 1 saturated carbocycles. The fraction of sp³-hybridized carbons (Fsp3) is 0.529. The second-order valence-corrected chi connectivity index (χ2v) is 6.01. The molecule has 0 N–H and O–H groups in total. The summed E-state index contributed by atoms with van der Waals surface area (Å²) in [7, 11) is 2.27. The first-order valence-electron chi connectivity index (χ1n) is 7.22. The molecule has 96 valence electrons. The van der Waals surface area contributed by atoms with Gasteiger partial charge in [-0.1, -0.05) is 42.5 Å². The molecule has 1 heteroatoms. The van der Waals surface area contributed by atoms with Crippen molar-refractivity contribution in [2.24, 2.45) is 17.8 Å². The van der Waals surface area contributed by atoms with Gasteiger partial charge in [0.05, 0.1) is 0 Å². The minimum Gasteiger partial charge on any atom is -0.302 e. The third-order valence-corrected chi connectivity index (χ3v) is 4.66. The minimum atomic E-state index is 0.903. The molecule has 0 bridgehead atoms. The Morgan fingerprint density at radius 2 is 2.00 bits per heavy atom. The average molecular weight is 241 g/mol. The normalized spacial score (nSPS) is 30.0. The average Bonchev–Trinajstić information content (AvgIpc) is 2.95. The maximum absolute atomic E-state index is 2.50. The summed E-state index contributed by atoms with van der Waals surface area (Å²) in [6, 6.07) is 10.8. The highest BCUT2D eigenvalue weighted by atomic mass is 15.1. The Bertz CT molecular complexity index is 409. The van der Waals surface area contributed by atoms with E-state index in [1.807, 2.05) is 0 Å². The van der Waals surface area contributed by atoms with Crippen LogP contribution < -0.4 is 0 Å². The molecule has 0 heterocycles. The lowest BCUT2D eigenvalue weighted by Crippen LogP contribution is -2.27. The van der Waals surface area contributed by atoms with Gasteiger partial charge in [0.2, 0.25) is 0 Å². The van der Waals surface area contributed by atoms with Crippen LogP contribution in [-0.4, -0.2) is 18.5 Å². The van der Waals surface area contributed by atoms with Crippen molar-refractivity contribution in [3.8, 4) is 0 Å². The number of hydrogen-bond acceptors (Lipinski definition) is 1. The highest BCUT2D eigenvalue weighted by Gasteiger charge is 2.36. The Morgan fingerprint density at radius 1 is 1.17 bits per heavy atom. The van der Waals surface area contributed by atoms with Crippen LogP contribution in [0.25, 0.3) is 0 Å². The highest BCUT2D eigenvalue weighted by molar-refractivity contribution is 5.14. The van der Waals surface area contributed by atoms with E-state index in [2.05, 4.69) is 54.4 Å². The molecular weight excluding hydrogens is 218 g/mol. The summed E-state index contributed by atoms with van der Waals surface area (Å²) in [6.07, 6.45) is 9.04. The van der Waals surface area contributed by atoms with Gasteiger partial charge in [0, 0.05) is 13.1 Å². The first-order valence-corrected chi connectivity index (χ1v) is 7.22. The first-order chi connectivity index (χ1) is 8.83. The van der Waals surface area contributed by atoms with Crippen LogP contribution in [0.15, 0.2) is 42.5 Å². The van der Waals surface area contributed by atoms with E-state index >= 15 is 0 Å². The molecule has 0 amide bonds. The Morgan fingerprint density at radius 3 is 2.83 bits per heavy atom. The molecule has 3 atom stereocenters. The molecule has 18 heavy (non-hydrogen) atoms. The van der Waals surface area contributed by atoms with Crippen molar-refractivity contribution < 1.29 is 0 Å². The number of fused-ring (bicyclic) bond motifs is 1. The van der Waals surface area contributed by atoms with E-state index in [1.54, 1.807) is 0 Å². The molecule has 0 radical (unpaired) electrons. The summed E-state index contributed by atoms with van der Waals surface area (Å²) in [5.41, 5.74) is 1.43. The van der Waals surface area contributed by atoms with Gasteiger partial charge < -0.3 is 4.90 Å². The van der Waals surface area contributed by atoms with E-state index in [4.69, 9.17) is 0 Å². The van der Waals surface area contributed by atoms with Crippen molar-refractivity contribution in [3.63, 3.8) is 0 Å². The minimum absolute atomic E-state index is 0.903. The summed E-state index contributed by atoms with van der Waals surface area (Å²) >= 11 is 0. The van der Waals surface area contributed by atoms with Gasteiger partial charge in [-0.25, -0.2) is 0 Å². The summed E-state index contributed by atoms with van der Waals surface area (Å²) < 4.78 is 0. The largest absolute Gasteiger partial charge is 0.302 e. The Hall–Kier alpha value is -1.08. The predicted molar refractivity (Wildman–Crippen MR) is 76.2 cm³/mol. The second-order valence-electron chi connectivity index (χ2n) is 6.01. The van der Waals surface area contributed by atoms with Crippen molar-refractivity contribution >= 4 is 0 Å². The van der Waals surface area contributed by atoms with Crippen LogP contribution in [0.1, 0.15) is 24.8 Å². The molecule has 2 aliphatic rings. The number of hydrogen-bond donors (Lipinski definition) is 0. The zero-order valence-corrected chi connectivity index (χ0v) is 11.3. The van der Waals surface area contributed by atoms with Crippen LogP contribution >= 0.6 is 0 Å². The van der Waals surface area contributed by atoms with Gasteiger partial charge in [0.25, 0.3) is 0 Å². The van der Waals surface area contributed by atoms with Gasteiger partial charge >= 0.3 is 0 Å². The van der Waals surface area contributed by atoms with Crippen molar-refractivity contribution in [2.75, 3.05) is 13.6 Å². The van der Waals surface area contributed by atoms with E-state index in [-0.39, 0.29) is 0 Å². The molecule has 1 aromatic carbocycles. The zero-order chi connectivity index (χ0) is 12.4. The van der Waals surface area contributed by atoms with Crippen LogP contribution in [0.5, 0.6) is 0 Å². The first kappa shape index (κ1) is 12.0. The molecular formula is C17H23N. The van der Waals surface area contributed by atoms with Gasteiger partial charge in [0.1, 0.15) is 0 Å². The molecule has 1 nitrogen and oxygen atoms in total. The zero-order valence-electron chi connectivity index (χ0n) is 11.3. The van der Waals surface area contributed by atoms with Crippen molar-refractivity contribution in [1.29, 1.82) is 0 Å². The van der Waals surface area contributed by atoms with E-state index in [1.165, 1.54) is 31.4 Å². The Kier molecular flexibility index (Phi) is 3.51. The van der Waals surface area contributed by atoms with E-state index < -0.39 is 0 Å². The predicted octanol–water partition coefficient (Wildman–Crippen LogP) is 3.72. The number of rotatable bonds is 4. The third kappa shape index (κ3) is 2.51. The lowest BCUT2D eigenvalue weighted by Gasteiger charge is -2.25. The van der Waals surface area contributed by atoms with Crippen molar-refractivity contribution in [2.45, 2.75) is 25.8 Å². The topological polar surface area (TPSA) is 3.24 Å². The second kappa shape index (κ2) is 5.27. The maximum atomic E-state index is 2.50. The Labute approximate surface area is 111 Å². The molecule has 0 aromatic heterocycles. The smallest absolute Gasteiger partial charge is 0.0230 e. The Balaban J connectivity index is 1.54. The van der Waals surface area contributed by atoms with E-state index in [0.717, 1.165) is 24.3 Å². The quantitative estimate of drug-likeness (QED) is 0.726. The van der Waals surface area contributed by atoms with Gasteiger partial charge in [-0.3, -0.25) is 0 Å². The fourth-order valence-electron chi connectivity index (χ4n) is 3.79. The van der Waals surface area contributed by atoms with Gasteiger partial charge in [-0.2, -0.15) is 0 Å². The number of nitrogens with zero attached hydrogens (tertiary/aromatic N) is 1. The van der Waals surface area contributed by atoms with Crippen LogP contribution in [0.2, 0.25) is 0 Å². The number of benzene rings is 1. The monoisotopic (exact) mass is 241 g/mol. The summed E-state index contributed by atoms with van der Waals surface area (Å²) in [5, 5.41) is 0. The lowest BCUT2D eigenvalue weighted by atomic mass is 9.91. The molecule has 1 aromatic rings. The molecule has 2 aliphatic carbocycles. The summed E-state index contributed by atoms with van der Waals surface area (Å²) in [5.74, 6) is 2.77. The molecule has 0 spiro atoms. The van der Waals surface area contributed by atoms with E-state index in [0.29, 0.717) is 0 Å². The molecule has 0 saturated heterocycles. The molecule has 3 rings (SSSR count). The van der Waals surface area contributed by atoms with Crippen LogP contribution in [-0.2, 0) is 6.54 Å². The van der Waals surface area contributed by atoms with Crippen molar-refractivity contribution in [3.05, 3.63) is 48.0 Å². The summed E-state index contributed by atoms with van der Waals surface area (Å²) in [6.45, 7) is 2.35. The van der Waals surface area contributed by atoms with Crippen LogP contribution in [0, 0.1) is 17.8 Å². The van der Waals surface area contributed by atoms with E-state index in [9.17, 15) is 0 Å². The SMILES string of the molecule is CN(Cc1ccccc1)CC1CCC2C=CCC21.